The lowest BCUT2D eigenvalue weighted by Gasteiger charge is -2.45. The summed E-state index contributed by atoms with van der Waals surface area (Å²) in [5, 5.41) is 38.0. The van der Waals surface area contributed by atoms with E-state index in [4.69, 9.17) is 0 Å². The molecule has 134 valence electrons. The zero-order valence-electron chi connectivity index (χ0n) is 13.2. The summed E-state index contributed by atoms with van der Waals surface area (Å²) in [5.74, 6) is -7.00. The molecule has 2 aliphatic rings. The van der Waals surface area contributed by atoms with Crippen LogP contribution in [0.1, 0.15) is 51.4 Å². The molecule has 0 bridgehead atoms. The first-order chi connectivity index (χ1) is 11.2. The van der Waals surface area contributed by atoms with Gasteiger partial charge in [0, 0.05) is 0 Å². The van der Waals surface area contributed by atoms with Gasteiger partial charge in [-0.05, 0) is 37.5 Å². The molecule has 0 saturated heterocycles. The number of rotatable bonds is 5. The fourth-order valence-electron chi connectivity index (χ4n) is 4.60. The fraction of sp³-hybridized carbons (Fsp3) is 0.750. The number of hydrogen-bond donors (Lipinski definition) is 4. The molecular formula is C16H22O8. The maximum Gasteiger partial charge on any atom is 0.321 e. The van der Waals surface area contributed by atoms with Crippen LogP contribution in [0.15, 0.2) is 0 Å². The number of carboxylic acids is 4. The summed E-state index contributed by atoms with van der Waals surface area (Å²) in [6.07, 6.45) is 2.04. The molecule has 0 aliphatic heterocycles. The molecule has 2 atom stereocenters. The Balaban J connectivity index is 2.40. The lowest BCUT2D eigenvalue weighted by atomic mass is 9.56. The molecule has 2 saturated carbocycles. The van der Waals surface area contributed by atoms with Crippen molar-refractivity contribution in [1.82, 2.24) is 0 Å². The third kappa shape index (κ3) is 2.63. The molecule has 4 N–H and O–H groups in total. The molecule has 24 heavy (non-hydrogen) atoms. The van der Waals surface area contributed by atoms with Gasteiger partial charge in [-0.3, -0.25) is 19.2 Å². The van der Waals surface area contributed by atoms with Crippen LogP contribution >= 0.6 is 0 Å². The topological polar surface area (TPSA) is 149 Å². The molecule has 0 aromatic carbocycles. The zero-order chi connectivity index (χ0) is 18.1. The summed E-state index contributed by atoms with van der Waals surface area (Å²) in [6.45, 7) is 0. The molecule has 8 heteroatoms. The Hall–Kier alpha value is -2.12. The molecule has 2 fully saturated rings. The monoisotopic (exact) mass is 342 g/mol. The average molecular weight is 342 g/mol. The zero-order valence-corrected chi connectivity index (χ0v) is 13.2. The first-order valence-electron chi connectivity index (χ1n) is 8.12. The Morgan fingerprint density at radius 3 is 1.79 bits per heavy atom. The molecule has 0 spiro atoms. The number of carbonyl (C=O) groups is 4. The highest BCUT2D eigenvalue weighted by Gasteiger charge is 2.59. The van der Waals surface area contributed by atoms with Crippen LogP contribution in [-0.4, -0.2) is 44.3 Å². The van der Waals surface area contributed by atoms with Gasteiger partial charge in [-0.25, -0.2) is 0 Å². The van der Waals surface area contributed by atoms with Crippen LogP contribution in [-0.2, 0) is 19.2 Å². The van der Waals surface area contributed by atoms with Gasteiger partial charge in [-0.2, -0.15) is 0 Å². The first-order valence-corrected chi connectivity index (χ1v) is 8.12. The van der Waals surface area contributed by atoms with Gasteiger partial charge in [0.2, 0.25) is 0 Å². The molecule has 2 unspecified atom stereocenters. The number of aliphatic carboxylic acids is 4. The highest BCUT2D eigenvalue weighted by Crippen LogP contribution is 2.52. The quantitative estimate of drug-likeness (QED) is 0.551. The van der Waals surface area contributed by atoms with E-state index in [-0.39, 0.29) is 19.3 Å². The second-order valence-corrected chi connectivity index (χ2v) is 6.98. The van der Waals surface area contributed by atoms with Gasteiger partial charge >= 0.3 is 23.9 Å². The number of carboxylic acid groups (broad SMARTS) is 4. The van der Waals surface area contributed by atoms with Gasteiger partial charge in [-0.15, -0.1) is 0 Å². The van der Waals surface area contributed by atoms with E-state index >= 15 is 0 Å². The van der Waals surface area contributed by atoms with Crippen molar-refractivity contribution in [1.29, 1.82) is 0 Å². The second-order valence-electron chi connectivity index (χ2n) is 6.98. The van der Waals surface area contributed by atoms with Crippen molar-refractivity contribution in [2.45, 2.75) is 51.4 Å². The maximum atomic E-state index is 11.8. The average Bonchev–Trinajstić information content (AvgIpc) is 2.53. The van der Waals surface area contributed by atoms with Crippen molar-refractivity contribution in [2.24, 2.45) is 22.7 Å². The molecule has 2 aliphatic carbocycles. The van der Waals surface area contributed by atoms with Crippen LogP contribution in [0.5, 0.6) is 0 Å². The van der Waals surface area contributed by atoms with Crippen LogP contribution in [0.2, 0.25) is 0 Å². The van der Waals surface area contributed by atoms with Gasteiger partial charge in [0.15, 0.2) is 10.8 Å². The van der Waals surface area contributed by atoms with Gasteiger partial charge < -0.3 is 20.4 Å². The van der Waals surface area contributed by atoms with Crippen molar-refractivity contribution in [2.75, 3.05) is 0 Å². The summed E-state index contributed by atoms with van der Waals surface area (Å²) in [6, 6.07) is 0. The molecule has 2 rings (SSSR count). The third-order valence-corrected chi connectivity index (χ3v) is 5.91. The summed E-state index contributed by atoms with van der Waals surface area (Å²) < 4.78 is 0. The highest BCUT2D eigenvalue weighted by molar-refractivity contribution is 5.99. The third-order valence-electron chi connectivity index (χ3n) is 5.91. The van der Waals surface area contributed by atoms with Crippen molar-refractivity contribution in [3.63, 3.8) is 0 Å². The van der Waals surface area contributed by atoms with E-state index in [9.17, 15) is 39.6 Å². The van der Waals surface area contributed by atoms with E-state index in [2.05, 4.69) is 0 Å². The van der Waals surface area contributed by atoms with E-state index in [1.807, 2.05) is 0 Å². The van der Waals surface area contributed by atoms with E-state index in [0.717, 1.165) is 0 Å². The minimum Gasteiger partial charge on any atom is -0.480 e. The molecular weight excluding hydrogens is 320 g/mol. The van der Waals surface area contributed by atoms with Crippen LogP contribution in [0.4, 0.5) is 0 Å². The van der Waals surface area contributed by atoms with Crippen LogP contribution in [0.25, 0.3) is 0 Å². The van der Waals surface area contributed by atoms with E-state index in [0.29, 0.717) is 32.1 Å². The molecule has 0 aromatic heterocycles. The predicted molar refractivity (Wildman–Crippen MR) is 79.3 cm³/mol. The van der Waals surface area contributed by atoms with E-state index in [1.54, 1.807) is 0 Å². The summed E-state index contributed by atoms with van der Waals surface area (Å²) in [7, 11) is 0. The maximum absolute atomic E-state index is 11.8. The molecule has 0 amide bonds. The lowest BCUT2D eigenvalue weighted by molar-refractivity contribution is -0.178. The van der Waals surface area contributed by atoms with Crippen molar-refractivity contribution < 1.29 is 39.6 Å². The SMILES string of the molecule is O=C(O)C1(C(=O)O)CCCC(C2CCCCC2(C(=O)O)C(=O)O)C1. The Morgan fingerprint density at radius 1 is 0.708 bits per heavy atom. The normalized spacial score (nSPS) is 28.7. The van der Waals surface area contributed by atoms with E-state index in [1.165, 1.54) is 0 Å². The standard InChI is InChI=1S/C16H22O8/c17-11(18)15(12(19)20)6-3-4-9(8-15)10-5-1-2-7-16(10,13(21)22)14(23)24/h9-10H,1-8H2,(H,17,18)(H,19,20)(H,21,22)(H,23,24). The Kier molecular flexibility index (Phi) is 4.87. The minimum atomic E-state index is -1.96. The van der Waals surface area contributed by atoms with Crippen LogP contribution < -0.4 is 0 Å². The summed E-state index contributed by atoms with van der Waals surface area (Å²) in [4.78, 5) is 46.7. The molecule has 0 aromatic rings. The smallest absolute Gasteiger partial charge is 0.321 e. The van der Waals surface area contributed by atoms with Crippen LogP contribution in [0, 0.1) is 22.7 Å². The predicted octanol–water partition coefficient (Wildman–Crippen LogP) is 1.68. The minimum absolute atomic E-state index is 0.00796. The lowest BCUT2D eigenvalue weighted by Crippen LogP contribution is -2.53. The van der Waals surface area contributed by atoms with Crippen molar-refractivity contribution in [3.05, 3.63) is 0 Å². The Bertz CT molecular complexity index is 538. The summed E-state index contributed by atoms with van der Waals surface area (Å²) >= 11 is 0. The first kappa shape index (κ1) is 18.2. The van der Waals surface area contributed by atoms with Gasteiger partial charge in [0.05, 0.1) is 0 Å². The Morgan fingerprint density at radius 2 is 1.29 bits per heavy atom. The number of hydrogen-bond acceptors (Lipinski definition) is 4. The molecule has 0 heterocycles. The highest BCUT2D eigenvalue weighted by atomic mass is 16.4. The fourth-order valence-corrected chi connectivity index (χ4v) is 4.60. The van der Waals surface area contributed by atoms with E-state index < -0.39 is 46.5 Å². The van der Waals surface area contributed by atoms with Gasteiger partial charge in [0.25, 0.3) is 0 Å². The van der Waals surface area contributed by atoms with Crippen LogP contribution in [0.3, 0.4) is 0 Å². The molecule has 8 nitrogen and oxygen atoms in total. The van der Waals surface area contributed by atoms with Crippen molar-refractivity contribution in [3.8, 4) is 0 Å². The van der Waals surface area contributed by atoms with Gasteiger partial charge in [0.1, 0.15) is 0 Å². The van der Waals surface area contributed by atoms with Crippen molar-refractivity contribution >= 4 is 23.9 Å². The molecule has 0 radical (unpaired) electrons. The summed E-state index contributed by atoms with van der Waals surface area (Å²) in [5.41, 5.74) is -3.91. The largest absolute Gasteiger partial charge is 0.480 e. The Labute approximate surface area is 138 Å². The second kappa shape index (κ2) is 6.41. The van der Waals surface area contributed by atoms with Gasteiger partial charge in [-0.1, -0.05) is 25.7 Å².